The summed E-state index contributed by atoms with van der Waals surface area (Å²) in [5.41, 5.74) is 1.24. The summed E-state index contributed by atoms with van der Waals surface area (Å²) >= 11 is 0. The molecule has 0 aliphatic carbocycles. The van der Waals surface area contributed by atoms with E-state index < -0.39 is 10.0 Å². The number of rotatable bonds is 4. The van der Waals surface area contributed by atoms with E-state index in [0.717, 1.165) is 19.5 Å². The van der Waals surface area contributed by atoms with Gasteiger partial charge in [-0.15, -0.1) is 0 Å². The van der Waals surface area contributed by atoms with Crippen LogP contribution in [0.2, 0.25) is 0 Å². The second kappa shape index (κ2) is 8.06. The molecule has 2 saturated heterocycles. The number of aromatic nitrogens is 1. The number of benzene rings is 1. The lowest BCUT2D eigenvalue weighted by Gasteiger charge is -2.41. The first kappa shape index (κ1) is 18.6. The Balaban J connectivity index is 1.56. The molecule has 0 saturated carbocycles. The molecule has 0 radical (unpaired) electrons. The minimum atomic E-state index is -3.52. The van der Waals surface area contributed by atoms with Crippen molar-refractivity contribution in [2.45, 2.75) is 23.9 Å². The lowest BCUT2D eigenvalue weighted by molar-refractivity contribution is 0.0766. The molecule has 2 fully saturated rings. The maximum Gasteiger partial charge on any atom is 0.244 e. The third kappa shape index (κ3) is 4.06. The summed E-state index contributed by atoms with van der Waals surface area (Å²) in [6, 6.07) is 13.8. The zero-order chi connectivity index (χ0) is 18.7. The van der Waals surface area contributed by atoms with Crippen LogP contribution in [0.4, 0.5) is 0 Å². The molecule has 2 aliphatic rings. The SMILES string of the molecule is O=S(=O)(c1cccnc1)N1CC[C@@H]2COCCN(Cc3ccccc3)[C@@H]2C1. The molecule has 2 aliphatic heterocycles. The maximum atomic E-state index is 13.0. The molecule has 3 heterocycles. The lowest BCUT2D eigenvalue weighted by atomic mass is 9.92. The Bertz CT molecular complexity index is 845. The van der Waals surface area contributed by atoms with E-state index in [2.05, 4.69) is 22.0 Å². The van der Waals surface area contributed by atoms with Crippen molar-refractivity contribution in [2.75, 3.05) is 32.8 Å². The number of hydrogen-bond acceptors (Lipinski definition) is 5. The van der Waals surface area contributed by atoms with Gasteiger partial charge in [0.25, 0.3) is 0 Å². The van der Waals surface area contributed by atoms with E-state index >= 15 is 0 Å². The van der Waals surface area contributed by atoms with Gasteiger partial charge in [0.2, 0.25) is 10.0 Å². The zero-order valence-corrected chi connectivity index (χ0v) is 16.1. The first-order valence-electron chi connectivity index (χ1n) is 9.40. The fourth-order valence-electron chi connectivity index (χ4n) is 4.02. The van der Waals surface area contributed by atoms with Crippen LogP contribution in [0.25, 0.3) is 0 Å². The van der Waals surface area contributed by atoms with Crippen LogP contribution in [0, 0.1) is 5.92 Å². The Labute approximate surface area is 160 Å². The van der Waals surface area contributed by atoms with Crippen LogP contribution in [0.5, 0.6) is 0 Å². The molecule has 144 valence electrons. The minimum absolute atomic E-state index is 0.160. The summed E-state index contributed by atoms with van der Waals surface area (Å²) < 4.78 is 33.5. The van der Waals surface area contributed by atoms with Gasteiger partial charge in [-0.25, -0.2) is 8.42 Å². The van der Waals surface area contributed by atoms with Crippen LogP contribution in [-0.4, -0.2) is 61.5 Å². The summed E-state index contributed by atoms with van der Waals surface area (Å²) in [5, 5.41) is 0. The van der Waals surface area contributed by atoms with Crippen molar-refractivity contribution in [2.24, 2.45) is 5.92 Å². The third-order valence-corrected chi connectivity index (χ3v) is 7.36. The Morgan fingerprint density at radius 3 is 2.74 bits per heavy atom. The highest BCUT2D eigenvalue weighted by molar-refractivity contribution is 7.89. The molecular formula is C20H25N3O3S. The first-order chi connectivity index (χ1) is 13.1. The van der Waals surface area contributed by atoms with E-state index in [1.807, 2.05) is 18.2 Å². The Morgan fingerprint density at radius 2 is 1.96 bits per heavy atom. The number of piperidine rings is 1. The van der Waals surface area contributed by atoms with E-state index in [4.69, 9.17) is 4.74 Å². The number of ether oxygens (including phenoxy) is 1. The molecule has 0 unspecified atom stereocenters. The summed E-state index contributed by atoms with van der Waals surface area (Å²) in [6.07, 6.45) is 3.84. The summed E-state index contributed by atoms with van der Waals surface area (Å²) in [4.78, 5) is 6.63. The minimum Gasteiger partial charge on any atom is -0.380 e. The Hall–Kier alpha value is -1.80. The molecule has 0 amide bonds. The van der Waals surface area contributed by atoms with Gasteiger partial charge in [0.05, 0.1) is 13.2 Å². The van der Waals surface area contributed by atoms with Gasteiger partial charge < -0.3 is 4.74 Å². The molecule has 7 heteroatoms. The van der Waals surface area contributed by atoms with Crippen LogP contribution < -0.4 is 0 Å². The molecule has 27 heavy (non-hydrogen) atoms. The predicted octanol–water partition coefficient (Wildman–Crippen LogP) is 1.99. The number of hydrogen-bond donors (Lipinski definition) is 0. The van der Waals surface area contributed by atoms with Crippen LogP contribution >= 0.6 is 0 Å². The molecule has 6 nitrogen and oxygen atoms in total. The quantitative estimate of drug-likeness (QED) is 0.803. The van der Waals surface area contributed by atoms with Crippen LogP contribution in [-0.2, 0) is 21.3 Å². The van der Waals surface area contributed by atoms with Gasteiger partial charge in [-0.2, -0.15) is 4.31 Å². The van der Waals surface area contributed by atoms with Gasteiger partial charge in [-0.05, 0) is 24.1 Å². The summed E-state index contributed by atoms with van der Waals surface area (Å²) in [5.74, 6) is 0.358. The largest absolute Gasteiger partial charge is 0.380 e. The monoisotopic (exact) mass is 387 g/mol. The highest BCUT2D eigenvalue weighted by atomic mass is 32.2. The molecule has 0 spiro atoms. The molecule has 1 aromatic carbocycles. The number of pyridine rings is 1. The highest BCUT2D eigenvalue weighted by Gasteiger charge is 2.39. The molecule has 1 aromatic heterocycles. The molecule has 4 rings (SSSR count). The Kier molecular flexibility index (Phi) is 5.54. The van der Waals surface area contributed by atoms with Gasteiger partial charge in [0.1, 0.15) is 4.90 Å². The molecule has 0 N–H and O–H groups in total. The van der Waals surface area contributed by atoms with E-state index in [1.54, 1.807) is 22.6 Å². The van der Waals surface area contributed by atoms with Crippen LogP contribution in [0.3, 0.4) is 0 Å². The van der Waals surface area contributed by atoms with E-state index in [-0.39, 0.29) is 10.9 Å². The van der Waals surface area contributed by atoms with Crippen LogP contribution in [0.15, 0.2) is 59.8 Å². The molecular weight excluding hydrogens is 362 g/mol. The lowest BCUT2D eigenvalue weighted by Crippen LogP contribution is -2.54. The van der Waals surface area contributed by atoms with E-state index in [0.29, 0.717) is 32.2 Å². The van der Waals surface area contributed by atoms with Crippen molar-refractivity contribution >= 4 is 10.0 Å². The Morgan fingerprint density at radius 1 is 1.11 bits per heavy atom. The van der Waals surface area contributed by atoms with E-state index in [9.17, 15) is 8.42 Å². The third-order valence-electron chi connectivity index (χ3n) is 5.51. The number of fused-ring (bicyclic) bond motifs is 1. The molecule has 2 atom stereocenters. The maximum absolute atomic E-state index is 13.0. The van der Waals surface area contributed by atoms with Crippen molar-refractivity contribution in [1.82, 2.24) is 14.2 Å². The standard InChI is InChI=1S/C20H25N3O3S/c24-27(25,19-7-4-9-21-13-19)23-10-8-18-16-26-12-11-22(20(18)15-23)14-17-5-2-1-3-6-17/h1-7,9,13,18,20H,8,10-12,14-16H2/t18-,20-/m1/s1. The van der Waals surface area contributed by atoms with Crippen molar-refractivity contribution in [1.29, 1.82) is 0 Å². The number of nitrogens with zero attached hydrogens (tertiary/aromatic N) is 3. The summed E-state index contributed by atoms with van der Waals surface area (Å²) in [7, 11) is -3.52. The van der Waals surface area contributed by atoms with Gasteiger partial charge in [0.15, 0.2) is 0 Å². The topological polar surface area (TPSA) is 62.7 Å². The van der Waals surface area contributed by atoms with Crippen molar-refractivity contribution in [3.8, 4) is 0 Å². The zero-order valence-electron chi connectivity index (χ0n) is 15.3. The second-order valence-corrected chi connectivity index (χ2v) is 9.14. The average molecular weight is 388 g/mol. The molecule has 0 bridgehead atoms. The van der Waals surface area contributed by atoms with Gasteiger partial charge in [-0.1, -0.05) is 30.3 Å². The first-order valence-corrected chi connectivity index (χ1v) is 10.8. The van der Waals surface area contributed by atoms with Crippen molar-refractivity contribution < 1.29 is 13.2 Å². The van der Waals surface area contributed by atoms with E-state index in [1.165, 1.54) is 11.8 Å². The smallest absolute Gasteiger partial charge is 0.244 e. The molecule has 2 aromatic rings. The fourth-order valence-corrected chi connectivity index (χ4v) is 5.46. The van der Waals surface area contributed by atoms with Gasteiger partial charge >= 0.3 is 0 Å². The average Bonchev–Trinajstić information content (AvgIpc) is 2.91. The number of sulfonamides is 1. The van der Waals surface area contributed by atoms with Gasteiger partial charge in [0, 0.05) is 50.5 Å². The second-order valence-electron chi connectivity index (χ2n) is 7.20. The highest BCUT2D eigenvalue weighted by Crippen LogP contribution is 2.29. The van der Waals surface area contributed by atoms with Gasteiger partial charge in [-0.3, -0.25) is 9.88 Å². The fraction of sp³-hybridized carbons (Fsp3) is 0.450. The van der Waals surface area contributed by atoms with Crippen molar-refractivity contribution in [3.05, 3.63) is 60.4 Å². The van der Waals surface area contributed by atoms with Crippen molar-refractivity contribution in [3.63, 3.8) is 0 Å². The summed E-state index contributed by atoms with van der Waals surface area (Å²) in [6.45, 7) is 4.05. The van der Waals surface area contributed by atoms with Crippen LogP contribution in [0.1, 0.15) is 12.0 Å². The normalized spacial score (nSPS) is 24.9. The predicted molar refractivity (Wildman–Crippen MR) is 103 cm³/mol.